The molecule has 178 valence electrons. The van der Waals surface area contributed by atoms with Crippen LogP contribution in [0.1, 0.15) is 27.0 Å². The maximum Gasteiger partial charge on any atom is 0.335 e. The molecule has 0 bridgehead atoms. The molecule has 0 atom stereocenters. The third-order valence-corrected chi connectivity index (χ3v) is 5.57. The molecular formula is C26H21ClN2O6. The van der Waals surface area contributed by atoms with E-state index in [1.54, 1.807) is 24.3 Å². The Morgan fingerprint density at radius 3 is 2.43 bits per heavy atom. The van der Waals surface area contributed by atoms with Crippen LogP contribution in [0.4, 0.5) is 4.79 Å². The lowest BCUT2D eigenvalue weighted by molar-refractivity contribution is -0.123. The summed E-state index contributed by atoms with van der Waals surface area (Å²) in [6.07, 6.45) is 1.52. The molecule has 35 heavy (non-hydrogen) atoms. The molecule has 3 aromatic carbocycles. The summed E-state index contributed by atoms with van der Waals surface area (Å²) in [5.41, 5.74) is 2.42. The average Bonchev–Trinajstić information content (AvgIpc) is 3.11. The largest absolute Gasteiger partial charge is 0.493 e. The van der Waals surface area contributed by atoms with Gasteiger partial charge in [-0.15, -0.1) is 0 Å². The highest BCUT2D eigenvalue weighted by Crippen LogP contribution is 2.37. The van der Waals surface area contributed by atoms with Gasteiger partial charge in [-0.05, 0) is 47.0 Å². The molecule has 0 radical (unpaired) electrons. The van der Waals surface area contributed by atoms with Crippen molar-refractivity contribution < 1.29 is 29.0 Å². The molecule has 4 rings (SSSR count). The summed E-state index contributed by atoms with van der Waals surface area (Å²) in [5, 5.41) is 11.9. The van der Waals surface area contributed by atoms with Gasteiger partial charge in [-0.2, -0.15) is 0 Å². The van der Waals surface area contributed by atoms with Gasteiger partial charge in [-0.1, -0.05) is 54.1 Å². The van der Waals surface area contributed by atoms with Crippen molar-refractivity contribution in [2.75, 3.05) is 7.11 Å². The summed E-state index contributed by atoms with van der Waals surface area (Å²) in [4.78, 5) is 37.3. The fraction of sp³-hybridized carbons (Fsp3) is 0.115. The fourth-order valence-electron chi connectivity index (χ4n) is 3.51. The van der Waals surface area contributed by atoms with E-state index in [4.69, 9.17) is 26.2 Å². The number of nitrogens with one attached hydrogen (secondary N) is 1. The monoisotopic (exact) mass is 492 g/mol. The minimum Gasteiger partial charge on any atom is -0.493 e. The van der Waals surface area contributed by atoms with Crippen molar-refractivity contribution in [2.45, 2.75) is 13.2 Å². The smallest absolute Gasteiger partial charge is 0.335 e. The molecule has 0 aromatic heterocycles. The van der Waals surface area contributed by atoms with Crippen LogP contribution in [0.25, 0.3) is 6.08 Å². The predicted octanol–water partition coefficient (Wildman–Crippen LogP) is 4.72. The molecule has 1 saturated heterocycles. The Balaban J connectivity index is 1.51. The van der Waals surface area contributed by atoms with Gasteiger partial charge in [0, 0.05) is 0 Å². The van der Waals surface area contributed by atoms with E-state index in [9.17, 15) is 14.4 Å². The number of rotatable bonds is 8. The number of ether oxygens (including phenoxy) is 2. The van der Waals surface area contributed by atoms with Crippen molar-refractivity contribution in [3.8, 4) is 11.5 Å². The van der Waals surface area contributed by atoms with Crippen LogP contribution in [0.15, 0.2) is 72.4 Å². The van der Waals surface area contributed by atoms with E-state index in [-0.39, 0.29) is 29.4 Å². The van der Waals surface area contributed by atoms with Gasteiger partial charge < -0.3 is 19.9 Å². The maximum atomic E-state index is 12.8. The van der Waals surface area contributed by atoms with Crippen LogP contribution in [-0.2, 0) is 17.9 Å². The number of carboxylic acid groups (broad SMARTS) is 1. The van der Waals surface area contributed by atoms with Crippen LogP contribution in [0.5, 0.6) is 11.5 Å². The van der Waals surface area contributed by atoms with Crippen LogP contribution < -0.4 is 14.8 Å². The SMILES string of the molecule is COc1cc(/C=C2/NC(=O)N(Cc3ccccc3)C2=O)cc(Cl)c1OCc1ccc(C(=O)O)cc1. The number of halogens is 1. The molecule has 0 aliphatic carbocycles. The van der Waals surface area contributed by atoms with E-state index >= 15 is 0 Å². The van der Waals surface area contributed by atoms with Gasteiger partial charge in [0.15, 0.2) is 11.5 Å². The summed E-state index contributed by atoms with van der Waals surface area (Å²) in [6.45, 7) is 0.298. The molecule has 3 amide bonds. The van der Waals surface area contributed by atoms with Crippen LogP contribution in [-0.4, -0.2) is 35.0 Å². The number of nitrogens with zero attached hydrogens (tertiary/aromatic N) is 1. The highest BCUT2D eigenvalue weighted by atomic mass is 35.5. The number of aromatic carboxylic acids is 1. The molecule has 0 saturated carbocycles. The highest BCUT2D eigenvalue weighted by molar-refractivity contribution is 6.32. The molecular weight excluding hydrogens is 472 g/mol. The molecule has 1 aliphatic rings. The van der Waals surface area contributed by atoms with E-state index in [0.717, 1.165) is 16.0 Å². The summed E-state index contributed by atoms with van der Waals surface area (Å²) in [5.74, 6) is -0.818. The first kappa shape index (κ1) is 23.8. The van der Waals surface area contributed by atoms with E-state index in [1.807, 2.05) is 30.3 Å². The van der Waals surface area contributed by atoms with E-state index in [0.29, 0.717) is 17.1 Å². The quantitative estimate of drug-likeness (QED) is 0.348. The second-order valence-corrected chi connectivity index (χ2v) is 8.10. The standard InChI is InChI=1S/C26H21ClN2O6/c1-34-22-13-18(11-20(27)23(22)35-15-17-7-9-19(10-8-17)25(31)32)12-21-24(30)29(26(33)28-21)14-16-5-3-2-4-6-16/h2-13H,14-15H2,1H3,(H,28,33)(H,31,32)/b21-12+. The van der Waals surface area contributed by atoms with Gasteiger partial charge >= 0.3 is 12.0 Å². The summed E-state index contributed by atoms with van der Waals surface area (Å²) in [7, 11) is 1.46. The third kappa shape index (κ3) is 5.44. The van der Waals surface area contributed by atoms with Gasteiger partial charge in [0.1, 0.15) is 12.3 Å². The van der Waals surface area contributed by atoms with Crippen molar-refractivity contribution in [3.63, 3.8) is 0 Å². The van der Waals surface area contributed by atoms with Gasteiger partial charge in [0.2, 0.25) is 0 Å². The molecule has 8 nitrogen and oxygen atoms in total. The zero-order valence-electron chi connectivity index (χ0n) is 18.7. The second-order valence-electron chi connectivity index (χ2n) is 7.69. The van der Waals surface area contributed by atoms with Gasteiger partial charge in [0.25, 0.3) is 5.91 Å². The zero-order chi connectivity index (χ0) is 24.9. The van der Waals surface area contributed by atoms with Gasteiger partial charge in [-0.25, -0.2) is 9.59 Å². The number of amides is 3. The second kappa shape index (κ2) is 10.3. The summed E-state index contributed by atoms with van der Waals surface area (Å²) in [6, 6.07) is 18.2. The average molecular weight is 493 g/mol. The maximum absolute atomic E-state index is 12.8. The molecule has 1 aliphatic heterocycles. The Morgan fingerprint density at radius 2 is 1.77 bits per heavy atom. The van der Waals surface area contributed by atoms with Gasteiger partial charge in [0.05, 0.1) is 24.2 Å². The Bertz CT molecular complexity index is 1310. The van der Waals surface area contributed by atoms with Crippen LogP contribution >= 0.6 is 11.6 Å². The van der Waals surface area contributed by atoms with Crippen molar-refractivity contribution in [2.24, 2.45) is 0 Å². The number of carbonyl (C=O) groups is 3. The lowest BCUT2D eigenvalue weighted by Crippen LogP contribution is -2.30. The number of urea groups is 1. The predicted molar refractivity (Wildman–Crippen MR) is 129 cm³/mol. The third-order valence-electron chi connectivity index (χ3n) is 5.29. The van der Waals surface area contributed by atoms with E-state index in [2.05, 4.69) is 5.32 Å². The molecule has 2 N–H and O–H groups in total. The number of imide groups is 1. The summed E-state index contributed by atoms with van der Waals surface area (Å²) >= 11 is 6.44. The minimum atomic E-state index is -1.01. The van der Waals surface area contributed by atoms with Crippen molar-refractivity contribution >= 4 is 35.6 Å². The number of hydrogen-bond acceptors (Lipinski definition) is 5. The number of carboxylic acids is 1. The van der Waals surface area contributed by atoms with E-state index in [1.165, 1.54) is 25.3 Å². The van der Waals surface area contributed by atoms with Gasteiger partial charge in [-0.3, -0.25) is 9.69 Å². The van der Waals surface area contributed by atoms with E-state index < -0.39 is 17.9 Å². The molecule has 3 aromatic rings. The minimum absolute atomic E-state index is 0.122. The molecule has 1 fully saturated rings. The van der Waals surface area contributed by atoms with Crippen LogP contribution in [0.2, 0.25) is 5.02 Å². The van der Waals surface area contributed by atoms with Crippen LogP contribution in [0, 0.1) is 0 Å². The first-order chi connectivity index (χ1) is 16.9. The lowest BCUT2D eigenvalue weighted by atomic mass is 10.1. The summed E-state index contributed by atoms with van der Waals surface area (Å²) < 4.78 is 11.2. The topological polar surface area (TPSA) is 105 Å². The molecule has 0 unspecified atom stereocenters. The van der Waals surface area contributed by atoms with Crippen molar-refractivity contribution in [1.29, 1.82) is 0 Å². The van der Waals surface area contributed by atoms with Crippen molar-refractivity contribution in [3.05, 3.63) is 99.7 Å². The lowest BCUT2D eigenvalue weighted by Gasteiger charge is -2.14. The zero-order valence-corrected chi connectivity index (χ0v) is 19.4. The normalized spacial score (nSPS) is 14.2. The Kier molecular flexibility index (Phi) is 7.03. The molecule has 0 spiro atoms. The Morgan fingerprint density at radius 1 is 1.06 bits per heavy atom. The fourth-order valence-corrected chi connectivity index (χ4v) is 3.78. The number of hydrogen-bond donors (Lipinski definition) is 2. The molecule has 9 heteroatoms. The first-order valence-corrected chi connectivity index (χ1v) is 10.9. The van der Waals surface area contributed by atoms with Crippen molar-refractivity contribution in [1.82, 2.24) is 10.2 Å². The Labute approximate surface area is 206 Å². The number of benzene rings is 3. The molecule has 1 heterocycles. The number of carbonyl (C=O) groups excluding carboxylic acids is 2. The Hall–Kier alpha value is -4.30. The van der Waals surface area contributed by atoms with Crippen LogP contribution in [0.3, 0.4) is 0 Å². The first-order valence-electron chi connectivity index (χ1n) is 10.6. The number of methoxy groups -OCH3 is 1. The highest BCUT2D eigenvalue weighted by Gasteiger charge is 2.33.